The average Bonchev–Trinajstić information content (AvgIpc) is 3.71. The summed E-state index contributed by atoms with van der Waals surface area (Å²) in [7, 11) is 0. The third-order valence-corrected chi connectivity index (χ3v) is 10.1. The Morgan fingerprint density at radius 3 is 2.24 bits per heavy atom. The first-order valence-electron chi connectivity index (χ1n) is 17.0. The standard InChI is InChI=1S/C33H31N2OS.C11H8N.Ir/c1-18(2)25-17-34-26(16-24(25)28-19(3)10-8-11-20(28)4)23-13-9-12-21-22-14-15-27-29(31(22)36-30(21)23)35-32(37-27)33(5,6)7;1-2-6-10(7-3-1)11-8-4-5-9-12-11;/h8-12,14-18H,1-7H3;1-6,8-9H;/q2*-1;/i18D;;. The molecule has 0 unspecified atom stereocenters. The van der Waals surface area contributed by atoms with Crippen molar-refractivity contribution in [1.82, 2.24) is 15.0 Å². The molecule has 4 aromatic carbocycles. The van der Waals surface area contributed by atoms with Crippen molar-refractivity contribution in [3.05, 3.63) is 137 Å². The van der Waals surface area contributed by atoms with Gasteiger partial charge in [-0.3, -0.25) is 0 Å². The zero-order chi connectivity index (χ0) is 35.2. The van der Waals surface area contributed by atoms with E-state index in [1.807, 2.05) is 68.6 Å². The van der Waals surface area contributed by atoms with E-state index in [0.29, 0.717) is 0 Å². The van der Waals surface area contributed by atoms with Crippen molar-refractivity contribution in [2.75, 3.05) is 0 Å². The molecule has 8 aromatic rings. The van der Waals surface area contributed by atoms with Crippen LogP contribution in [-0.4, -0.2) is 15.0 Å². The molecule has 0 spiro atoms. The largest absolute Gasteiger partial charge is 0.498 e. The molecule has 253 valence electrons. The maximum Gasteiger partial charge on any atom is 0.148 e. The van der Waals surface area contributed by atoms with Gasteiger partial charge in [-0.2, -0.15) is 0 Å². The monoisotopic (exact) mass is 851 g/mol. The molecule has 0 aliphatic rings. The van der Waals surface area contributed by atoms with E-state index in [1.54, 1.807) is 17.5 Å². The Morgan fingerprint density at radius 2 is 1.56 bits per heavy atom. The summed E-state index contributed by atoms with van der Waals surface area (Å²) in [5.74, 6) is -0.800. The molecule has 0 N–H and O–H groups in total. The van der Waals surface area contributed by atoms with Gasteiger partial charge in [0.25, 0.3) is 0 Å². The Balaban J connectivity index is 0.000000291. The van der Waals surface area contributed by atoms with Crippen molar-refractivity contribution < 1.29 is 25.9 Å². The predicted octanol–water partition coefficient (Wildman–Crippen LogP) is 12.3. The molecular weight excluding hydrogens is 811 g/mol. The number of aromatic nitrogens is 3. The molecule has 4 heterocycles. The third-order valence-electron chi connectivity index (χ3n) is 8.70. The molecule has 4 aromatic heterocycles. The molecule has 0 saturated carbocycles. The second-order valence-electron chi connectivity index (χ2n) is 13.6. The number of hydrogen-bond acceptors (Lipinski definition) is 5. The fourth-order valence-corrected chi connectivity index (χ4v) is 7.23. The first-order valence-corrected chi connectivity index (χ1v) is 17.3. The van der Waals surface area contributed by atoms with Gasteiger partial charge in [0.05, 0.1) is 15.3 Å². The molecule has 1 radical (unpaired) electrons. The van der Waals surface area contributed by atoms with E-state index in [1.165, 1.54) is 11.1 Å². The smallest absolute Gasteiger partial charge is 0.148 e. The first kappa shape index (κ1) is 34.0. The Morgan fingerprint density at radius 1 is 0.800 bits per heavy atom. The van der Waals surface area contributed by atoms with E-state index in [4.69, 9.17) is 15.8 Å². The molecule has 0 atom stereocenters. The summed E-state index contributed by atoms with van der Waals surface area (Å²) in [6.45, 7) is 14.6. The molecule has 50 heavy (non-hydrogen) atoms. The van der Waals surface area contributed by atoms with Crippen molar-refractivity contribution in [2.45, 2.75) is 59.8 Å². The van der Waals surface area contributed by atoms with Crippen LogP contribution < -0.4 is 0 Å². The quantitative estimate of drug-likeness (QED) is 0.166. The molecule has 0 saturated heterocycles. The van der Waals surface area contributed by atoms with Gasteiger partial charge in [0.2, 0.25) is 0 Å². The maximum absolute atomic E-state index is 8.83. The Kier molecular flexibility index (Phi) is 9.79. The van der Waals surface area contributed by atoms with Crippen LogP contribution in [0.1, 0.15) is 63.6 Å². The molecule has 0 fully saturated rings. The summed E-state index contributed by atoms with van der Waals surface area (Å²) in [6, 6.07) is 37.0. The van der Waals surface area contributed by atoms with Crippen LogP contribution in [0.3, 0.4) is 0 Å². The van der Waals surface area contributed by atoms with E-state index in [0.717, 1.165) is 76.4 Å². The fourth-order valence-electron chi connectivity index (χ4n) is 6.21. The molecule has 0 bridgehead atoms. The van der Waals surface area contributed by atoms with Crippen molar-refractivity contribution in [3.8, 4) is 33.6 Å². The number of aryl methyl sites for hydroxylation is 2. The van der Waals surface area contributed by atoms with Crippen molar-refractivity contribution in [1.29, 1.82) is 0 Å². The molecule has 0 amide bonds. The van der Waals surface area contributed by atoms with E-state index < -0.39 is 5.89 Å². The number of furan rings is 1. The third kappa shape index (κ3) is 6.81. The van der Waals surface area contributed by atoms with Gasteiger partial charge in [0.15, 0.2) is 0 Å². The molecular formula is C44H39IrN3OS-2. The summed E-state index contributed by atoms with van der Waals surface area (Å²) >= 11 is 1.73. The van der Waals surface area contributed by atoms with Gasteiger partial charge in [-0.1, -0.05) is 88.0 Å². The zero-order valence-corrected chi connectivity index (χ0v) is 32.5. The van der Waals surface area contributed by atoms with Crippen molar-refractivity contribution in [2.24, 2.45) is 0 Å². The van der Waals surface area contributed by atoms with Crippen LogP contribution in [0, 0.1) is 26.0 Å². The number of benzene rings is 4. The minimum atomic E-state index is -0.800. The molecule has 0 aliphatic carbocycles. The minimum absolute atomic E-state index is 0. The summed E-state index contributed by atoms with van der Waals surface area (Å²) in [6.07, 6.45) is 3.64. The normalized spacial score (nSPS) is 12.0. The second-order valence-corrected chi connectivity index (χ2v) is 14.7. The Bertz CT molecular complexity index is 2420. The number of thiazole rings is 1. The number of rotatable bonds is 4. The molecule has 8 rings (SSSR count). The Hall–Kier alpha value is -4.48. The number of nitrogens with zero attached hydrogens (tertiary/aromatic N) is 3. The number of hydrogen-bond donors (Lipinski definition) is 0. The second kappa shape index (κ2) is 14.4. The van der Waals surface area contributed by atoms with Crippen LogP contribution in [0.5, 0.6) is 0 Å². The van der Waals surface area contributed by atoms with Gasteiger partial charge in [-0.25, -0.2) is 4.98 Å². The van der Waals surface area contributed by atoms with Gasteiger partial charge >= 0.3 is 0 Å². The van der Waals surface area contributed by atoms with E-state index in [-0.39, 0.29) is 25.5 Å². The van der Waals surface area contributed by atoms with E-state index in [9.17, 15) is 0 Å². The van der Waals surface area contributed by atoms with Gasteiger partial charge in [0.1, 0.15) is 11.1 Å². The van der Waals surface area contributed by atoms with Crippen LogP contribution in [0.15, 0.2) is 108 Å². The number of pyridine rings is 2. The van der Waals surface area contributed by atoms with Crippen molar-refractivity contribution >= 4 is 43.5 Å². The number of fused-ring (bicyclic) bond motifs is 5. The average molecular weight is 851 g/mol. The van der Waals surface area contributed by atoms with Crippen LogP contribution in [-0.2, 0) is 25.5 Å². The van der Waals surface area contributed by atoms with Gasteiger partial charge in [-0.05, 0) is 71.1 Å². The van der Waals surface area contributed by atoms with Crippen molar-refractivity contribution in [3.63, 3.8) is 0 Å². The van der Waals surface area contributed by atoms with Gasteiger partial charge in [0, 0.05) is 44.7 Å². The summed E-state index contributed by atoms with van der Waals surface area (Å²) in [4.78, 5) is 14.1. The van der Waals surface area contributed by atoms with Crippen LogP contribution in [0.2, 0.25) is 0 Å². The SMILES string of the molecule is [2H]C(C)(C)c1cnc(-c2[c-]ccc3c2oc2c3ccc3sc(C(C)(C)C)nc32)cc1-c1c(C)cccc1C.[Ir].[c-]1ccccc1-c1ccccn1. The zero-order valence-electron chi connectivity index (χ0n) is 30.3. The fraction of sp³-hybridized carbons (Fsp3) is 0.205. The molecule has 6 heteroatoms. The predicted molar refractivity (Wildman–Crippen MR) is 205 cm³/mol. The van der Waals surface area contributed by atoms with Crippen LogP contribution in [0.25, 0.3) is 65.8 Å². The van der Waals surface area contributed by atoms with Crippen LogP contribution in [0.4, 0.5) is 0 Å². The molecule has 4 nitrogen and oxygen atoms in total. The first-order chi connectivity index (χ1) is 23.9. The Labute approximate surface area is 313 Å². The molecule has 0 aliphatic heterocycles. The minimum Gasteiger partial charge on any atom is -0.498 e. The topological polar surface area (TPSA) is 51.8 Å². The van der Waals surface area contributed by atoms with E-state index >= 15 is 0 Å². The van der Waals surface area contributed by atoms with Gasteiger partial charge in [-0.15, -0.1) is 65.4 Å². The van der Waals surface area contributed by atoms with E-state index in [2.05, 4.69) is 94.2 Å². The van der Waals surface area contributed by atoms with Gasteiger partial charge < -0.3 is 14.4 Å². The summed E-state index contributed by atoms with van der Waals surface area (Å²) < 4.78 is 16.6. The maximum atomic E-state index is 8.83. The van der Waals surface area contributed by atoms with Crippen LogP contribution >= 0.6 is 11.3 Å². The summed E-state index contributed by atoms with van der Waals surface area (Å²) in [5, 5.41) is 3.18. The summed E-state index contributed by atoms with van der Waals surface area (Å²) in [5.41, 5.74) is 11.5.